The lowest BCUT2D eigenvalue weighted by molar-refractivity contribution is 0.282. The van der Waals surface area contributed by atoms with Crippen LogP contribution in [-0.2, 0) is 4.79 Å². The lowest BCUT2D eigenvalue weighted by Gasteiger charge is -2.10. The van der Waals surface area contributed by atoms with Crippen LogP contribution in [0.5, 0.6) is 5.75 Å². The molecule has 0 saturated heterocycles. The normalized spacial score (nSPS) is 12.3. The minimum absolute atomic E-state index is 0.532. The van der Waals surface area contributed by atoms with Crippen molar-refractivity contribution in [1.29, 1.82) is 0 Å². The van der Waals surface area contributed by atoms with Gasteiger partial charge in [-0.05, 0) is 18.4 Å². The number of hydrogen-bond donors (Lipinski definition) is 0. The minimum Gasteiger partial charge on any atom is -0.482 e. The van der Waals surface area contributed by atoms with Crippen molar-refractivity contribution in [1.82, 2.24) is 0 Å². The molecule has 0 amide bonds. The van der Waals surface area contributed by atoms with E-state index >= 15 is 0 Å². The molecule has 15 heavy (non-hydrogen) atoms. The third kappa shape index (κ3) is 1.99. The van der Waals surface area contributed by atoms with Gasteiger partial charge in [0.05, 0.1) is 0 Å². The van der Waals surface area contributed by atoms with E-state index in [0.717, 1.165) is 16.5 Å². The Balaban J connectivity index is 2.46. The molecule has 75 valence electrons. The highest BCUT2D eigenvalue weighted by atomic mass is 16.5. The van der Waals surface area contributed by atoms with E-state index in [1.54, 1.807) is 13.2 Å². The molecule has 0 spiro atoms. The molecule has 2 rings (SSSR count). The molecule has 0 heterocycles. The fraction of sp³-hybridized carbons (Fsp3) is 0.154. The molecule has 1 radical (unpaired) electrons. The van der Waals surface area contributed by atoms with E-state index < -0.39 is 6.10 Å². The summed E-state index contributed by atoms with van der Waals surface area (Å²) >= 11 is 0. The van der Waals surface area contributed by atoms with Crippen molar-refractivity contribution in [3.05, 3.63) is 42.5 Å². The Morgan fingerprint density at radius 1 is 1.13 bits per heavy atom. The summed E-state index contributed by atoms with van der Waals surface area (Å²) in [6.07, 6.45) is 1.27. The highest BCUT2D eigenvalue weighted by Gasteiger charge is 2.05. The van der Waals surface area contributed by atoms with Gasteiger partial charge in [0, 0.05) is 5.39 Å². The van der Waals surface area contributed by atoms with Gasteiger partial charge in [0.2, 0.25) is 6.29 Å². The smallest absolute Gasteiger partial charge is 0.242 e. The molecule has 0 aromatic heterocycles. The highest BCUT2D eigenvalue weighted by Crippen LogP contribution is 2.25. The van der Waals surface area contributed by atoms with Crippen molar-refractivity contribution in [3.63, 3.8) is 0 Å². The van der Waals surface area contributed by atoms with Crippen molar-refractivity contribution >= 4 is 17.1 Å². The number of benzene rings is 2. The number of fused-ring (bicyclic) bond motifs is 1. The van der Waals surface area contributed by atoms with Crippen LogP contribution in [-0.4, -0.2) is 12.4 Å². The largest absolute Gasteiger partial charge is 0.482 e. The maximum Gasteiger partial charge on any atom is 0.242 e. The Bertz CT molecular complexity index is 471. The second kappa shape index (κ2) is 4.13. The Labute approximate surface area is 88.5 Å². The van der Waals surface area contributed by atoms with Crippen LogP contribution in [0, 0.1) is 0 Å². The zero-order valence-electron chi connectivity index (χ0n) is 8.44. The second-order valence-corrected chi connectivity index (χ2v) is 3.36. The molecule has 2 aromatic carbocycles. The van der Waals surface area contributed by atoms with Crippen LogP contribution in [0.4, 0.5) is 0 Å². The van der Waals surface area contributed by atoms with E-state index in [9.17, 15) is 4.79 Å². The van der Waals surface area contributed by atoms with Gasteiger partial charge in [-0.15, -0.1) is 0 Å². The summed E-state index contributed by atoms with van der Waals surface area (Å²) < 4.78 is 5.45. The molecular weight excluding hydrogens is 188 g/mol. The number of ether oxygens (including phenoxy) is 1. The SMILES string of the molecule is CC([C]=O)Oc1cccc2ccccc12. The van der Waals surface area contributed by atoms with Crippen LogP contribution >= 0.6 is 0 Å². The van der Waals surface area contributed by atoms with E-state index in [1.165, 1.54) is 0 Å². The Hall–Kier alpha value is -1.83. The molecule has 1 unspecified atom stereocenters. The topological polar surface area (TPSA) is 26.3 Å². The quantitative estimate of drug-likeness (QED) is 0.759. The molecule has 2 heteroatoms. The van der Waals surface area contributed by atoms with Gasteiger partial charge in [-0.25, -0.2) is 0 Å². The van der Waals surface area contributed by atoms with E-state index in [-0.39, 0.29) is 0 Å². The Morgan fingerprint density at radius 2 is 1.87 bits per heavy atom. The monoisotopic (exact) mass is 199 g/mol. The standard InChI is InChI=1S/C13H11O2/c1-10(9-14)15-13-8-4-6-11-5-2-3-7-12(11)13/h2-8,10H,1H3. The molecular formula is C13H11O2. The van der Waals surface area contributed by atoms with Crippen LogP contribution in [0.3, 0.4) is 0 Å². The first-order chi connectivity index (χ1) is 7.31. The second-order valence-electron chi connectivity index (χ2n) is 3.36. The third-order valence-electron chi connectivity index (χ3n) is 2.22. The van der Waals surface area contributed by atoms with Crippen molar-refractivity contribution in [2.45, 2.75) is 13.0 Å². The lowest BCUT2D eigenvalue weighted by atomic mass is 10.1. The van der Waals surface area contributed by atoms with Crippen molar-refractivity contribution in [2.24, 2.45) is 0 Å². The first-order valence-corrected chi connectivity index (χ1v) is 4.83. The van der Waals surface area contributed by atoms with E-state index in [2.05, 4.69) is 0 Å². The van der Waals surface area contributed by atoms with E-state index in [1.807, 2.05) is 42.5 Å². The predicted octanol–water partition coefficient (Wildman–Crippen LogP) is 2.72. The van der Waals surface area contributed by atoms with E-state index in [0.29, 0.717) is 0 Å². The van der Waals surface area contributed by atoms with Crippen LogP contribution in [0.25, 0.3) is 10.8 Å². The molecule has 0 aliphatic rings. The first-order valence-electron chi connectivity index (χ1n) is 4.83. The molecule has 2 nitrogen and oxygen atoms in total. The average Bonchev–Trinajstić information content (AvgIpc) is 2.29. The van der Waals surface area contributed by atoms with Gasteiger partial charge in [-0.3, -0.25) is 4.79 Å². The third-order valence-corrected chi connectivity index (χ3v) is 2.22. The van der Waals surface area contributed by atoms with Gasteiger partial charge in [0.15, 0.2) is 6.10 Å². The molecule has 0 N–H and O–H groups in total. The minimum atomic E-state index is -0.532. The number of hydrogen-bond acceptors (Lipinski definition) is 2. The molecule has 0 saturated carbocycles. The summed E-state index contributed by atoms with van der Waals surface area (Å²) in [7, 11) is 0. The van der Waals surface area contributed by atoms with Gasteiger partial charge in [-0.1, -0.05) is 36.4 Å². The van der Waals surface area contributed by atoms with Gasteiger partial charge in [0.1, 0.15) is 5.75 Å². The van der Waals surface area contributed by atoms with E-state index in [4.69, 9.17) is 4.74 Å². The molecule has 0 fully saturated rings. The van der Waals surface area contributed by atoms with Crippen molar-refractivity contribution in [3.8, 4) is 5.75 Å². The summed E-state index contributed by atoms with van der Waals surface area (Å²) in [4.78, 5) is 10.4. The fourth-order valence-electron chi connectivity index (χ4n) is 1.51. The Morgan fingerprint density at radius 3 is 2.67 bits per heavy atom. The Kier molecular flexibility index (Phi) is 2.68. The van der Waals surface area contributed by atoms with Crippen LogP contribution in [0.15, 0.2) is 42.5 Å². The van der Waals surface area contributed by atoms with Gasteiger partial charge in [-0.2, -0.15) is 0 Å². The number of rotatable bonds is 3. The van der Waals surface area contributed by atoms with Crippen molar-refractivity contribution in [2.75, 3.05) is 0 Å². The summed E-state index contributed by atoms with van der Waals surface area (Å²) in [6.45, 7) is 1.68. The molecule has 0 bridgehead atoms. The highest BCUT2D eigenvalue weighted by molar-refractivity contribution is 5.88. The van der Waals surface area contributed by atoms with Crippen molar-refractivity contribution < 1.29 is 9.53 Å². The molecule has 0 aliphatic carbocycles. The predicted molar refractivity (Wildman–Crippen MR) is 59.7 cm³/mol. The fourth-order valence-corrected chi connectivity index (χ4v) is 1.51. The first kappa shape index (κ1) is 9.71. The van der Waals surface area contributed by atoms with Gasteiger partial charge in [0.25, 0.3) is 0 Å². The number of carbonyl (C=O) groups excluding carboxylic acids is 1. The van der Waals surface area contributed by atoms with Crippen LogP contribution in [0.2, 0.25) is 0 Å². The maximum atomic E-state index is 10.4. The van der Waals surface area contributed by atoms with Gasteiger partial charge < -0.3 is 4.74 Å². The lowest BCUT2D eigenvalue weighted by Crippen LogP contribution is -2.12. The van der Waals surface area contributed by atoms with Gasteiger partial charge >= 0.3 is 0 Å². The molecule has 1 atom stereocenters. The molecule has 2 aromatic rings. The van der Waals surface area contributed by atoms with Crippen LogP contribution in [0.1, 0.15) is 6.92 Å². The average molecular weight is 199 g/mol. The summed E-state index contributed by atoms with van der Waals surface area (Å²) in [6, 6.07) is 13.7. The molecule has 0 aliphatic heterocycles. The summed E-state index contributed by atoms with van der Waals surface area (Å²) in [5.41, 5.74) is 0. The zero-order valence-corrected chi connectivity index (χ0v) is 8.44. The van der Waals surface area contributed by atoms with Crippen LogP contribution < -0.4 is 4.74 Å². The zero-order chi connectivity index (χ0) is 10.7. The summed E-state index contributed by atoms with van der Waals surface area (Å²) in [5.74, 6) is 0.726. The maximum absolute atomic E-state index is 10.4. The summed E-state index contributed by atoms with van der Waals surface area (Å²) in [5, 5.41) is 2.12.